The maximum Gasteiger partial charge on any atom is 0.300 e. The van der Waals surface area contributed by atoms with Crippen LogP contribution in [0.5, 0.6) is 0 Å². The summed E-state index contributed by atoms with van der Waals surface area (Å²) in [7, 11) is 0. The van der Waals surface area contributed by atoms with Crippen LogP contribution < -0.4 is 5.32 Å². The Labute approximate surface area is 174 Å². The average Bonchev–Trinajstić information content (AvgIpc) is 3.28. The van der Waals surface area contributed by atoms with Gasteiger partial charge < -0.3 is 24.8 Å². The summed E-state index contributed by atoms with van der Waals surface area (Å²) in [4.78, 5) is 24.8. The largest absolute Gasteiger partial charge is 0.481 e. The van der Waals surface area contributed by atoms with E-state index < -0.39 is 11.9 Å². The monoisotopic (exact) mass is 420 g/mol. The minimum atomic E-state index is -0.833. The Morgan fingerprint density at radius 2 is 1.80 bits per heavy atom. The fraction of sp³-hybridized carbons (Fsp3) is 0.500. The molecule has 2 fully saturated rings. The Balaban J connectivity index is 0.000000347. The molecule has 2 aliphatic heterocycles. The van der Waals surface area contributed by atoms with E-state index in [0.29, 0.717) is 24.3 Å². The number of aromatic nitrogens is 2. The number of ether oxygens (including phenoxy) is 1. The number of carbonyl (C=O) groups is 2. The average molecular weight is 420 g/mol. The second kappa shape index (κ2) is 11.4. The SMILES string of the molecule is CC(=O)O.CC(=O)O.Cc1ccc(-c2noc(CN3C[C@@H]4NCCO[C@H]4C3)n2)cc1. The van der Waals surface area contributed by atoms with Gasteiger partial charge >= 0.3 is 0 Å². The molecule has 1 aromatic carbocycles. The quantitative estimate of drug-likeness (QED) is 0.668. The second-order valence-corrected chi connectivity index (χ2v) is 7.08. The molecule has 10 heteroatoms. The lowest BCUT2D eigenvalue weighted by atomic mass is 10.1. The number of aliphatic carboxylic acids is 2. The number of hydrogen-bond acceptors (Lipinski definition) is 8. The number of fused-ring (bicyclic) bond motifs is 1. The fourth-order valence-corrected chi connectivity index (χ4v) is 3.13. The van der Waals surface area contributed by atoms with Crippen molar-refractivity contribution in [2.24, 2.45) is 0 Å². The van der Waals surface area contributed by atoms with Gasteiger partial charge in [-0.15, -0.1) is 0 Å². The summed E-state index contributed by atoms with van der Waals surface area (Å²) in [5, 5.41) is 22.4. The van der Waals surface area contributed by atoms with E-state index in [9.17, 15) is 0 Å². The van der Waals surface area contributed by atoms with Crippen LogP contribution in [0, 0.1) is 6.92 Å². The number of morpholine rings is 1. The van der Waals surface area contributed by atoms with Crippen molar-refractivity contribution in [1.82, 2.24) is 20.4 Å². The molecule has 0 unspecified atom stereocenters. The maximum atomic E-state index is 9.00. The van der Waals surface area contributed by atoms with Crippen LogP contribution in [0.15, 0.2) is 28.8 Å². The van der Waals surface area contributed by atoms with Gasteiger partial charge in [-0.1, -0.05) is 35.0 Å². The lowest BCUT2D eigenvalue weighted by Gasteiger charge is -2.25. The van der Waals surface area contributed by atoms with E-state index in [4.69, 9.17) is 29.1 Å². The highest BCUT2D eigenvalue weighted by Crippen LogP contribution is 2.20. The molecule has 30 heavy (non-hydrogen) atoms. The molecule has 2 aliphatic rings. The van der Waals surface area contributed by atoms with Gasteiger partial charge in [-0.25, -0.2) is 0 Å². The van der Waals surface area contributed by atoms with E-state index in [-0.39, 0.29) is 6.10 Å². The molecule has 2 saturated heterocycles. The van der Waals surface area contributed by atoms with E-state index in [1.807, 2.05) is 12.1 Å². The minimum Gasteiger partial charge on any atom is -0.481 e. The molecule has 3 N–H and O–H groups in total. The molecule has 2 aromatic rings. The molecular weight excluding hydrogens is 392 g/mol. The standard InChI is InChI=1S/C16H20N4O2.2C2H4O2/c1-11-2-4-12(5-3-11)16-18-15(22-19-16)10-20-8-13-14(9-20)21-7-6-17-13;2*1-2(3)4/h2-5,13-14,17H,6-10H2,1H3;2*1H3,(H,3,4)/t13-,14-;;/m0../s1. The molecule has 0 bridgehead atoms. The first-order valence-corrected chi connectivity index (χ1v) is 9.60. The Hall–Kier alpha value is -2.82. The lowest BCUT2D eigenvalue weighted by Crippen LogP contribution is -2.47. The van der Waals surface area contributed by atoms with Crippen molar-refractivity contribution in [1.29, 1.82) is 0 Å². The summed E-state index contributed by atoms with van der Waals surface area (Å²) in [6, 6.07) is 8.57. The minimum absolute atomic E-state index is 0.285. The number of nitrogens with zero attached hydrogens (tertiary/aromatic N) is 3. The van der Waals surface area contributed by atoms with E-state index >= 15 is 0 Å². The number of carboxylic acid groups (broad SMARTS) is 2. The third-order valence-corrected chi connectivity index (χ3v) is 4.32. The first kappa shape index (κ1) is 23.5. The highest BCUT2D eigenvalue weighted by Gasteiger charge is 2.35. The van der Waals surface area contributed by atoms with Crippen LogP contribution in [0.2, 0.25) is 0 Å². The highest BCUT2D eigenvalue weighted by atomic mass is 16.5. The smallest absolute Gasteiger partial charge is 0.300 e. The zero-order chi connectivity index (χ0) is 22.1. The summed E-state index contributed by atoms with van der Waals surface area (Å²) >= 11 is 0. The number of hydrogen-bond donors (Lipinski definition) is 3. The molecule has 0 aliphatic carbocycles. The predicted octanol–water partition coefficient (Wildman–Crippen LogP) is 1.40. The highest BCUT2D eigenvalue weighted by molar-refractivity contribution is 5.63. The molecule has 10 nitrogen and oxygen atoms in total. The van der Waals surface area contributed by atoms with Crippen molar-refractivity contribution in [3.05, 3.63) is 35.7 Å². The third kappa shape index (κ3) is 7.90. The molecule has 164 valence electrons. The zero-order valence-corrected chi connectivity index (χ0v) is 17.4. The first-order chi connectivity index (χ1) is 14.2. The Morgan fingerprint density at radius 3 is 2.40 bits per heavy atom. The molecule has 3 heterocycles. The number of aryl methyl sites for hydroxylation is 1. The van der Waals surface area contributed by atoms with Crippen molar-refractivity contribution in [3.63, 3.8) is 0 Å². The van der Waals surface area contributed by atoms with Crippen LogP contribution in [-0.2, 0) is 20.9 Å². The van der Waals surface area contributed by atoms with Gasteiger partial charge in [-0.05, 0) is 6.92 Å². The van der Waals surface area contributed by atoms with Crippen molar-refractivity contribution in [2.45, 2.75) is 39.5 Å². The summed E-state index contributed by atoms with van der Waals surface area (Å²) in [5.41, 5.74) is 2.21. The molecule has 0 radical (unpaired) electrons. The molecule has 1 aromatic heterocycles. The molecule has 0 saturated carbocycles. The van der Waals surface area contributed by atoms with E-state index in [1.54, 1.807) is 0 Å². The van der Waals surface area contributed by atoms with E-state index in [0.717, 1.165) is 45.7 Å². The molecule has 2 atom stereocenters. The first-order valence-electron chi connectivity index (χ1n) is 9.60. The molecule has 0 amide bonds. The topological polar surface area (TPSA) is 138 Å². The summed E-state index contributed by atoms with van der Waals surface area (Å²) in [6.45, 7) is 8.53. The number of likely N-dealkylation sites (tertiary alicyclic amines) is 1. The van der Waals surface area contributed by atoms with Gasteiger partial charge in [0.15, 0.2) is 0 Å². The van der Waals surface area contributed by atoms with E-state index in [1.165, 1.54) is 5.56 Å². The normalized spacial score (nSPS) is 20.2. The fourth-order valence-electron chi connectivity index (χ4n) is 3.13. The Kier molecular flexibility index (Phi) is 8.90. The number of nitrogens with one attached hydrogen (secondary N) is 1. The Morgan fingerprint density at radius 1 is 1.17 bits per heavy atom. The van der Waals surface area contributed by atoms with Crippen molar-refractivity contribution in [2.75, 3.05) is 26.2 Å². The van der Waals surface area contributed by atoms with Crippen molar-refractivity contribution >= 4 is 11.9 Å². The summed E-state index contributed by atoms with van der Waals surface area (Å²) in [5.74, 6) is -0.352. The third-order valence-electron chi connectivity index (χ3n) is 4.32. The van der Waals surface area contributed by atoms with Gasteiger partial charge in [0.2, 0.25) is 11.7 Å². The van der Waals surface area contributed by atoms with Crippen LogP contribution in [0.4, 0.5) is 0 Å². The van der Waals surface area contributed by atoms with Gasteiger partial charge in [-0.3, -0.25) is 14.5 Å². The van der Waals surface area contributed by atoms with Gasteiger partial charge in [0, 0.05) is 45.1 Å². The Bertz CT molecular complexity index is 789. The van der Waals surface area contributed by atoms with Gasteiger partial charge in [0.05, 0.1) is 19.3 Å². The summed E-state index contributed by atoms with van der Waals surface area (Å²) < 4.78 is 11.2. The number of benzene rings is 1. The number of carboxylic acids is 2. The number of rotatable bonds is 3. The van der Waals surface area contributed by atoms with Gasteiger partial charge in [0.25, 0.3) is 11.9 Å². The molecular formula is C20H28N4O6. The van der Waals surface area contributed by atoms with Gasteiger partial charge in [0.1, 0.15) is 0 Å². The van der Waals surface area contributed by atoms with Gasteiger partial charge in [-0.2, -0.15) is 4.98 Å². The van der Waals surface area contributed by atoms with Crippen LogP contribution in [-0.4, -0.2) is 75.6 Å². The molecule has 0 spiro atoms. The maximum absolute atomic E-state index is 9.00. The zero-order valence-electron chi connectivity index (χ0n) is 17.4. The predicted molar refractivity (Wildman–Crippen MR) is 108 cm³/mol. The second-order valence-electron chi connectivity index (χ2n) is 7.08. The van der Waals surface area contributed by atoms with Crippen molar-refractivity contribution < 1.29 is 29.1 Å². The summed E-state index contributed by atoms with van der Waals surface area (Å²) in [6.07, 6.45) is 0.285. The van der Waals surface area contributed by atoms with Crippen molar-refractivity contribution in [3.8, 4) is 11.4 Å². The lowest BCUT2D eigenvalue weighted by molar-refractivity contribution is -0.135. The molecule has 4 rings (SSSR count). The van der Waals surface area contributed by atoms with Crippen LogP contribution in [0.25, 0.3) is 11.4 Å². The van der Waals surface area contributed by atoms with E-state index in [2.05, 4.69) is 39.4 Å². The van der Waals surface area contributed by atoms with Crippen LogP contribution in [0.1, 0.15) is 25.3 Å². The van der Waals surface area contributed by atoms with Crippen LogP contribution >= 0.6 is 0 Å². The van der Waals surface area contributed by atoms with Crippen LogP contribution in [0.3, 0.4) is 0 Å².